The molecule has 0 atom stereocenters. The van der Waals surface area contributed by atoms with Crippen LogP contribution in [0, 0.1) is 10.1 Å². The molecule has 0 saturated heterocycles. The summed E-state index contributed by atoms with van der Waals surface area (Å²) in [5.41, 5.74) is 5.23. The number of unbranched alkanes of at least 4 members (excludes halogenated alkanes) is 1. The first-order valence-electron chi connectivity index (χ1n) is 8.88. The van der Waals surface area contributed by atoms with E-state index in [0.717, 1.165) is 30.8 Å². The number of rotatable bonds is 9. The topological polar surface area (TPSA) is 89.7 Å². The third-order valence-corrected chi connectivity index (χ3v) is 4.62. The van der Waals surface area contributed by atoms with Crippen molar-refractivity contribution in [3.8, 4) is 17.0 Å². The van der Waals surface area contributed by atoms with E-state index >= 15 is 0 Å². The number of aromatic nitrogens is 1. The molecule has 0 aliphatic heterocycles. The van der Waals surface area contributed by atoms with Gasteiger partial charge in [-0.2, -0.15) is 5.10 Å². The number of nitro benzene ring substituents is 1. The summed E-state index contributed by atoms with van der Waals surface area (Å²) in [4.78, 5) is 14.9. The summed E-state index contributed by atoms with van der Waals surface area (Å²) < 4.78 is 5.63. The lowest BCUT2D eigenvalue weighted by Crippen LogP contribution is -1.96. The van der Waals surface area contributed by atoms with Gasteiger partial charge in [0.2, 0.25) is 5.13 Å². The smallest absolute Gasteiger partial charge is 0.270 e. The van der Waals surface area contributed by atoms with Crippen LogP contribution in [0.5, 0.6) is 5.75 Å². The maximum absolute atomic E-state index is 10.9. The van der Waals surface area contributed by atoms with Gasteiger partial charge in [-0.1, -0.05) is 25.5 Å². The van der Waals surface area contributed by atoms with Crippen LogP contribution in [0.3, 0.4) is 0 Å². The van der Waals surface area contributed by atoms with Crippen LogP contribution in [0.15, 0.2) is 59.0 Å². The Labute approximate surface area is 166 Å². The van der Waals surface area contributed by atoms with Crippen LogP contribution in [-0.4, -0.2) is 22.7 Å². The molecule has 1 heterocycles. The summed E-state index contributed by atoms with van der Waals surface area (Å²) in [5.74, 6) is 0.847. The van der Waals surface area contributed by atoms with Crippen molar-refractivity contribution in [2.24, 2.45) is 5.10 Å². The summed E-state index contributed by atoms with van der Waals surface area (Å²) in [7, 11) is 0. The van der Waals surface area contributed by atoms with Crippen molar-refractivity contribution in [1.82, 2.24) is 4.98 Å². The van der Waals surface area contributed by atoms with Crippen molar-refractivity contribution in [3.63, 3.8) is 0 Å². The van der Waals surface area contributed by atoms with Gasteiger partial charge in [0, 0.05) is 23.1 Å². The van der Waals surface area contributed by atoms with Crippen molar-refractivity contribution in [3.05, 3.63) is 69.6 Å². The normalized spacial score (nSPS) is 10.9. The fraction of sp³-hybridized carbons (Fsp3) is 0.200. The van der Waals surface area contributed by atoms with E-state index in [2.05, 4.69) is 22.4 Å². The highest BCUT2D eigenvalue weighted by molar-refractivity contribution is 7.14. The van der Waals surface area contributed by atoms with Crippen LogP contribution in [-0.2, 0) is 0 Å². The number of nitro groups is 1. The van der Waals surface area contributed by atoms with Gasteiger partial charge >= 0.3 is 0 Å². The van der Waals surface area contributed by atoms with Crippen molar-refractivity contribution in [1.29, 1.82) is 0 Å². The molecule has 3 rings (SSSR count). The van der Waals surface area contributed by atoms with Crippen molar-refractivity contribution in [2.75, 3.05) is 12.0 Å². The van der Waals surface area contributed by atoms with Gasteiger partial charge in [0.05, 0.1) is 23.4 Å². The molecule has 0 fully saturated rings. The van der Waals surface area contributed by atoms with E-state index < -0.39 is 4.92 Å². The van der Waals surface area contributed by atoms with Crippen molar-refractivity contribution in [2.45, 2.75) is 19.8 Å². The lowest BCUT2D eigenvalue weighted by Gasteiger charge is -2.04. The first-order valence-corrected chi connectivity index (χ1v) is 9.76. The van der Waals surface area contributed by atoms with E-state index in [1.807, 2.05) is 29.6 Å². The van der Waals surface area contributed by atoms with Gasteiger partial charge in [0.25, 0.3) is 5.69 Å². The number of anilines is 1. The quantitative estimate of drug-likeness (QED) is 0.228. The maximum Gasteiger partial charge on any atom is 0.270 e. The largest absolute Gasteiger partial charge is 0.494 e. The molecule has 0 aliphatic rings. The summed E-state index contributed by atoms with van der Waals surface area (Å²) >= 11 is 1.38. The summed E-state index contributed by atoms with van der Waals surface area (Å²) in [6.45, 7) is 2.85. The highest BCUT2D eigenvalue weighted by Gasteiger charge is 2.09. The Hall–Kier alpha value is -3.26. The predicted molar refractivity (Wildman–Crippen MR) is 112 cm³/mol. The van der Waals surface area contributed by atoms with Gasteiger partial charge in [-0.05, 0) is 36.2 Å². The van der Waals surface area contributed by atoms with Crippen LogP contribution < -0.4 is 10.2 Å². The predicted octanol–water partition coefficient (Wildman–Crippen LogP) is 5.34. The molecule has 0 spiro atoms. The Morgan fingerprint density at radius 2 is 2.11 bits per heavy atom. The third-order valence-electron chi connectivity index (χ3n) is 3.88. The van der Waals surface area contributed by atoms with Gasteiger partial charge in [-0.15, -0.1) is 11.3 Å². The van der Waals surface area contributed by atoms with Crippen LogP contribution in [0.4, 0.5) is 10.8 Å². The molecule has 0 amide bonds. The standard InChI is InChI=1S/C20H20N4O3S/c1-2-3-11-27-18-9-7-15(8-10-18)13-21-23-20-22-19(14-28-20)16-5-4-6-17(12-16)24(25)26/h4-10,12-14H,2-3,11H2,1H3,(H,22,23)/b21-13-. The minimum Gasteiger partial charge on any atom is -0.494 e. The number of non-ortho nitro benzene ring substituents is 1. The number of benzene rings is 2. The minimum absolute atomic E-state index is 0.0418. The van der Waals surface area contributed by atoms with E-state index in [-0.39, 0.29) is 5.69 Å². The number of nitrogens with zero attached hydrogens (tertiary/aromatic N) is 3. The Kier molecular flexibility index (Phi) is 6.69. The maximum atomic E-state index is 10.9. The lowest BCUT2D eigenvalue weighted by atomic mass is 10.1. The second-order valence-electron chi connectivity index (χ2n) is 5.99. The second-order valence-corrected chi connectivity index (χ2v) is 6.84. The fourth-order valence-corrected chi connectivity index (χ4v) is 3.05. The number of ether oxygens (including phenoxy) is 1. The number of hydrazone groups is 1. The highest BCUT2D eigenvalue weighted by Crippen LogP contribution is 2.27. The molecule has 0 radical (unpaired) electrons. The van der Waals surface area contributed by atoms with E-state index in [0.29, 0.717) is 16.4 Å². The van der Waals surface area contributed by atoms with Crippen LogP contribution in [0.1, 0.15) is 25.3 Å². The minimum atomic E-state index is -0.417. The average molecular weight is 396 g/mol. The molecule has 7 nitrogen and oxygen atoms in total. The molecule has 1 aromatic heterocycles. The van der Waals surface area contributed by atoms with Crippen LogP contribution >= 0.6 is 11.3 Å². The number of hydrogen-bond acceptors (Lipinski definition) is 7. The zero-order chi connectivity index (χ0) is 19.8. The average Bonchev–Trinajstić information content (AvgIpc) is 3.18. The zero-order valence-corrected chi connectivity index (χ0v) is 16.2. The van der Waals surface area contributed by atoms with Crippen molar-refractivity contribution < 1.29 is 9.66 Å². The van der Waals surface area contributed by atoms with Gasteiger partial charge < -0.3 is 4.74 Å². The zero-order valence-electron chi connectivity index (χ0n) is 15.4. The first-order chi connectivity index (χ1) is 13.7. The number of hydrogen-bond donors (Lipinski definition) is 1. The lowest BCUT2D eigenvalue weighted by molar-refractivity contribution is -0.384. The molecule has 0 unspecified atom stereocenters. The molecular formula is C20H20N4O3S. The Morgan fingerprint density at radius 3 is 2.86 bits per heavy atom. The number of thiazole rings is 1. The van der Waals surface area contributed by atoms with Crippen LogP contribution in [0.25, 0.3) is 11.3 Å². The molecule has 8 heteroatoms. The molecule has 0 saturated carbocycles. The summed E-state index contributed by atoms with van der Waals surface area (Å²) in [6, 6.07) is 14.1. The molecule has 0 aliphatic carbocycles. The van der Waals surface area contributed by atoms with E-state index in [9.17, 15) is 10.1 Å². The fourth-order valence-electron chi connectivity index (χ4n) is 2.38. The molecule has 3 aromatic rings. The van der Waals surface area contributed by atoms with Gasteiger partial charge in [-0.25, -0.2) is 4.98 Å². The SMILES string of the molecule is CCCCOc1ccc(/C=N\Nc2nc(-c3cccc([N+](=O)[O-])c3)cs2)cc1. The second kappa shape index (κ2) is 9.61. The molecule has 0 bridgehead atoms. The Balaban J connectivity index is 1.58. The highest BCUT2D eigenvalue weighted by atomic mass is 32.1. The third kappa shape index (κ3) is 5.37. The van der Waals surface area contributed by atoms with E-state index in [4.69, 9.17) is 4.74 Å². The molecule has 144 valence electrons. The first kappa shape index (κ1) is 19.5. The summed E-state index contributed by atoms with van der Waals surface area (Å²) in [5, 5.41) is 17.5. The van der Waals surface area contributed by atoms with Crippen LogP contribution in [0.2, 0.25) is 0 Å². The van der Waals surface area contributed by atoms with Gasteiger partial charge in [0.15, 0.2) is 0 Å². The Morgan fingerprint density at radius 1 is 1.29 bits per heavy atom. The number of nitrogens with one attached hydrogen (secondary N) is 1. The van der Waals surface area contributed by atoms with E-state index in [1.54, 1.807) is 18.3 Å². The van der Waals surface area contributed by atoms with Gasteiger partial charge in [0.1, 0.15) is 5.75 Å². The molecule has 28 heavy (non-hydrogen) atoms. The van der Waals surface area contributed by atoms with Gasteiger partial charge in [-0.3, -0.25) is 15.5 Å². The van der Waals surface area contributed by atoms with E-state index in [1.165, 1.54) is 23.5 Å². The molecule has 1 N–H and O–H groups in total. The molecule has 2 aromatic carbocycles. The monoisotopic (exact) mass is 396 g/mol. The molecular weight excluding hydrogens is 376 g/mol. The van der Waals surface area contributed by atoms with Crippen molar-refractivity contribution >= 4 is 28.4 Å². The Bertz CT molecular complexity index is 954. The summed E-state index contributed by atoms with van der Waals surface area (Å²) in [6.07, 6.45) is 3.85.